The largest absolute Gasteiger partial charge is 0.317 e. The van der Waals surface area contributed by atoms with Gasteiger partial charge >= 0.3 is 0 Å². The maximum atomic E-state index is 11.2. The van der Waals surface area contributed by atoms with E-state index in [-0.39, 0.29) is 5.69 Å². The minimum atomic E-state index is -0.409. The van der Waals surface area contributed by atoms with Crippen molar-refractivity contribution in [1.82, 2.24) is 4.57 Å². The van der Waals surface area contributed by atoms with Gasteiger partial charge in [-0.05, 0) is 61.7 Å². The summed E-state index contributed by atoms with van der Waals surface area (Å²) in [5, 5.41) is 29.9. The summed E-state index contributed by atoms with van der Waals surface area (Å²) in [6, 6.07) is 17.9. The zero-order chi connectivity index (χ0) is 21.1. The van der Waals surface area contributed by atoms with Crippen LogP contribution >= 0.6 is 0 Å². The van der Waals surface area contributed by atoms with E-state index in [1.54, 1.807) is 42.5 Å². The number of hydrogen-bond donors (Lipinski definition) is 0. The van der Waals surface area contributed by atoms with Crippen molar-refractivity contribution in [3.63, 3.8) is 0 Å². The Morgan fingerprint density at radius 3 is 2.52 bits per heavy atom. The van der Waals surface area contributed by atoms with Gasteiger partial charge in [0.2, 0.25) is 0 Å². The molecule has 29 heavy (non-hydrogen) atoms. The number of hydrogen-bond acceptors (Lipinski definition) is 4. The van der Waals surface area contributed by atoms with Crippen LogP contribution in [-0.2, 0) is 0 Å². The number of allylic oxidation sites excluding steroid dienone is 1. The average Bonchev–Trinajstić information content (AvgIpc) is 2.99. The van der Waals surface area contributed by atoms with E-state index in [2.05, 4.69) is 12.1 Å². The Hall–Kier alpha value is -4.16. The molecule has 0 N–H and O–H groups in total. The topological polar surface area (TPSA) is 95.7 Å². The maximum absolute atomic E-state index is 11.2. The van der Waals surface area contributed by atoms with Crippen LogP contribution in [0.1, 0.15) is 33.6 Å². The fraction of sp³-hybridized carbons (Fsp3) is 0.130. The lowest BCUT2D eigenvalue weighted by Crippen LogP contribution is -2.02. The highest BCUT2D eigenvalue weighted by Gasteiger charge is 2.16. The molecule has 3 aromatic rings. The predicted octanol–water partition coefficient (Wildman–Crippen LogP) is 5.25. The molecule has 142 valence electrons. The SMILES string of the molecule is Cc1ccc([N+](=O)[O-])cc1-n1c(C)cc(C=C(C#N)c2cccc(C#N)c2)c1C. The van der Waals surface area contributed by atoms with E-state index in [0.29, 0.717) is 16.7 Å². The van der Waals surface area contributed by atoms with Gasteiger partial charge in [-0.1, -0.05) is 18.2 Å². The number of non-ortho nitro benzene ring substituents is 1. The molecule has 0 fully saturated rings. The summed E-state index contributed by atoms with van der Waals surface area (Å²) < 4.78 is 1.95. The third-order valence-corrected chi connectivity index (χ3v) is 4.84. The zero-order valence-electron chi connectivity index (χ0n) is 16.3. The first-order valence-electron chi connectivity index (χ1n) is 8.92. The molecule has 0 atom stereocenters. The number of aryl methyl sites for hydroxylation is 2. The third kappa shape index (κ3) is 3.78. The number of nitrogens with zero attached hydrogens (tertiary/aromatic N) is 4. The van der Waals surface area contributed by atoms with Gasteiger partial charge in [0.05, 0.1) is 33.9 Å². The maximum Gasteiger partial charge on any atom is 0.271 e. The Morgan fingerprint density at radius 2 is 1.86 bits per heavy atom. The van der Waals surface area contributed by atoms with Gasteiger partial charge in [-0.25, -0.2) is 0 Å². The summed E-state index contributed by atoms with van der Waals surface area (Å²) in [5.41, 5.74) is 5.89. The second kappa shape index (κ2) is 7.84. The highest BCUT2D eigenvalue weighted by molar-refractivity contribution is 5.90. The quantitative estimate of drug-likeness (QED) is 0.350. The zero-order valence-corrected chi connectivity index (χ0v) is 16.3. The van der Waals surface area contributed by atoms with Crippen LogP contribution in [0.2, 0.25) is 0 Å². The van der Waals surface area contributed by atoms with Crippen LogP contribution in [-0.4, -0.2) is 9.49 Å². The van der Waals surface area contributed by atoms with Crippen LogP contribution in [0.3, 0.4) is 0 Å². The van der Waals surface area contributed by atoms with Gasteiger partial charge in [0, 0.05) is 23.5 Å². The third-order valence-electron chi connectivity index (χ3n) is 4.84. The molecular formula is C23H18N4O2. The van der Waals surface area contributed by atoms with Gasteiger partial charge in [0.25, 0.3) is 5.69 Å². The van der Waals surface area contributed by atoms with E-state index in [1.807, 2.05) is 31.4 Å². The molecule has 1 aromatic heterocycles. The van der Waals surface area contributed by atoms with Gasteiger partial charge < -0.3 is 4.57 Å². The minimum absolute atomic E-state index is 0.0289. The molecule has 0 amide bonds. The number of aromatic nitrogens is 1. The van der Waals surface area contributed by atoms with Crippen LogP contribution in [0, 0.1) is 53.5 Å². The second-order valence-electron chi connectivity index (χ2n) is 6.75. The van der Waals surface area contributed by atoms with Crippen molar-refractivity contribution in [2.75, 3.05) is 0 Å². The first-order chi connectivity index (χ1) is 13.8. The highest BCUT2D eigenvalue weighted by atomic mass is 16.6. The van der Waals surface area contributed by atoms with E-state index >= 15 is 0 Å². The summed E-state index contributed by atoms with van der Waals surface area (Å²) in [5.74, 6) is 0. The van der Waals surface area contributed by atoms with E-state index < -0.39 is 4.92 Å². The van der Waals surface area contributed by atoms with E-state index in [4.69, 9.17) is 5.26 Å². The molecular weight excluding hydrogens is 364 g/mol. The van der Waals surface area contributed by atoms with Crippen molar-refractivity contribution in [1.29, 1.82) is 10.5 Å². The Morgan fingerprint density at radius 1 is 1.10 bits per heavy atom. The van der Waals surface area contributed by atoms with Gasteiger partial charge in [0.15, 0.2) is 0 Å². The van der Waals surface area contributed by atoms with E-state index in [0.717, 1.165) is 28.2 Å². The Balaban J connectivity index is 2.14. The molecule has 0 unspecified atom stereocenters. The highest BCUT2D eigenvalue weighted by Crippen LogP contribution is 2.29. The number of nitriles is 2. The first kappa shape index (κ1) is 19.6. The average molecular weight is 382 g/mol. The van der Waals surface area contributed by atoms with E-state index in [9.17, 15) is 15.4 Å². The van der Waals surface area contributed by atoms with Crippen molar-refractivity contribution in [2.24, 2.45) is 0 Å². The smallest absolute Gasteiger partial charge is 0.271 e. The van der Waals surface area contributed by atoms with Gasteiger partial charge in [0.1, 0.15) is 0 Å². The molecule has 1 heterocycles. The molecule has 2 aromatic carbocycles. The molecule has 0 saturated carbocycles. The Labute approximate surface area is 168 Å². The van der Waals surface area contributed by atoms with Crippen molar-refractivity contribution < 1.29 is 4.92 Å². The molecule has 0 saturated heterocycles. The fourth-order valence-electron chi connectivity index (χ4n) is 3.35. The fourth-order valence-corrected chi connectivity index (χ4v) is 3.35. The van der Waals surface area contributed by atoms with Gasteiger partial charge in [-0.2, -0.15) is 10.5 Å². The molecule has 3 rings (SSSR count). The molecule has 0 aliphatic rings. The van der Waals surface area contributed by atoms with Crippen LogP contribution < -0.4 is 0 Å². The lowest BCUT2D eigenvalue weighted by atomic mass is 10.0. The molecule has 6 heteroatoms. The molecule has 0 radical (unpaired) electrons. The van der Waals surface area contributed by atoms with Crippen LogP contribution in [0.15, 0.2) is 48.5 Å². The Kier molecular flexibility index (Phi) is 5.29. The summed E-state index contributed by atoms with van der Waals surface area (Å²) in [4.78, 5) is 10.8. The molecule has 0 bridgehead atoms. The van der Waals surface area contributed by atoms with Crippen molar-refractivity contribution in [2.45, 2.75) is 20.8 Å². The summed E-state index contributed by atoms with van der Waals surface area (Å²) in [7, 11) is 0. The molecule has 0 aliphatic heterocycles. The first-order valence-corrected chi connectivity index (χ1v) is 8.92. The van der Waals surface area contributed by atoms with Crippen molar-refractivity contribution >= 4 is 17.3 Å². The number of nitro benzene ring substituents is 1. The van der Waals surface area contributed by atoms with Gasteiger partial charge in [-0.3, -0.25) is 10.1 Å². The number of benzene rings is 2. The lowest BCUT2D eigenvalue weighted by Gasteiger charge is -2.12. The second-order valence-corrected chi connectivity index (χ2v) is 6.75. The number of nitro groups is 1. The molecule has 0 aliphatic carbocycles. The van der Waals surface area contributed by atoms with Crippen LogP contribution in [0.4, 0.5) is 5.69 Å². The summed E-state index contributed by atoms with van der Waals surface area (Å²) >= 11 is 0. The minimum Gasteiger partial charge on any atom is -0.317 e. The Bertz CT molecular complexity index is 1240. The van der Waals surface area contributed by atoms with Gasteiger partial charge in [-0.15, -0.1) is 0 Å². The van der Waals surface area contributed by atoms with Crippen LogP contribution in [0.5, 0.6) is 0 Å². The summed E-state index contributed by atoms with van der Waals surface area (Å²) in [6.45, 7) is 5.74. The lowest BCUT2D eigenvalue weighted by molar-refractivity contribution is -0.384. The number of rotatable bonds is 4. The monoisotopic (exact) mass is 382 g/mol. The molecule has 0 spiro atoms. The van der Waals surface area contributed by atoms with Crippen molar-refractivity contribution in [3.05, 3.63) is 92.3 Å². The van der Waals surface area contributed by atoms with Crippen molar-refractivity contribution in [3.8, 4) is 17.8 Å². The molecule has 6 nitrogen and oxygen atoms in total. The predicted molar refractivity (Wildman–Crippen MR) is 111 cm³/mol. The summed E-state index contributed by atoms with van der Waals surface area (Å²) in [6.07, 6.45) is 1.78. The standard InChI is InChI=1S/C23H18N4O2/c1-15-7-8-22(27(28)29)12-23(15)26-16(2)9-20(17(26)3)11-21(14-25)19-6-4-5-18(10-19)13-24/h4-12H,1-3H3. The van der Waals surface area contributed by atoms with Crippen LogP contribution in [0.25, 0.3) is 17.3 Å². The van der Waals surface area contributed by atoms with E-state index in [1.165, 1.54) is 6.07 Å². The normalized spacial score (nSPS) is 11.0.